The third kappa shape index (κ3) is 24.9. The van der Waals surface area contributed by atoms with Gasteiger partial charge in [-0.25, -0.2) is 4.79 Å². The lowest BCUT2D eigenvalue weighted by Gasteiger charge is -2.37. The molecule has 0 aliphatic heterocycles. The molecule has 1 aromatic carbocycles. The third-order valence-electron chi connectivity index (χ3n) is 9.52. The van der Waals surface area contributed by atoms with E-state index in [9.17, 15) is 24.0 Å². The zero-order chi connectivity index (χ0) is 46.3. The molecule has 0 aliphatic rings. The van der Waals surface area contributed by atoms with E-state index in [1.165, 1.54) is 7.11 Å². The molecule has 4 N–H and O–H groups in total. The Labute approximate surface area is 365 Å². The van der Waals surface area contributed by atoms with Gasteiger partial charge in [0.15, 0.2) is 0 Å². The molecular weight excluding hydrogens is 860 g/mol. The summed E-state index contributed by atoms with van der Waals surface area (Å²) in [5.41, 5.74) is 0.901. The first-order valence-electron chi connectivity index (χ1n) is 19.9. The number of anilines is 1. The van der Waals surface area contributed by atoms with E-state index in [0.29, 0.717) is 23.8 Å². The van der Waals surface area contributed by atoms with E-state index in [-0.39, 0.29) is 85.4 Å². The molecule has 0 radical (unpaired) electrons. The number of amides is 4. The Morgan fingerprint density at radius 3 is 2.02 bits per heavy atom. The number of carbonyl (C=O) groups excluding carboxylic acids is 7. The van der Waals surface area contributed by atoms with Gasteiger partial charge in [-0.1, -0.05) is 54.5 Å². The van der Waals surface area contributed by atoms with Crippen LogP contribution in [0.2, 0.25) is 18.1 Å². The molecule has 0 saturated heterocycles. The van der Waals surface area contributed by atoms with Gasteiger partial charge in [0.1, 0.15) is 11.4 Å². The van der Waals surface area contributed by atoms with Crippen molar-refractivity contribution >= 4 is 65.9 Å². The number of hydrogen-bond donors (Lipinski definition) is 4. The van der Waals surface area contributed by atoms with Crippen LogP contribution in [0.3, 0.4) is 0 Å². The van der Waals surface area contributed by atoms with E-state index in [1.54, 1.807) is 0 Å². The number of benzene rings is 1. The molecule has 60 heavy (non-hydrogen) atoms. The third-order valence-corrected chi connectivity index (χ3v) is 14.4. The molecule has 0 heterocycles. The van der Waals surface area contributed by atoms with E-state index in [4.69, 9.17) is 28.2 Å². The van der Waals surface area contributed by atoms with Crippen LogP contribution in [-0.2, 0) is 54.1 Å². The summed E-state index contributed by atoms with van der Waals surface area (Å²) in [5, 5.41) is 11.2. The number of rotatable bonds is 22. The van der Waals surface area contributed by atoms with Crippen molar-refractivity contribution in [2.75, 3.05) is 51.9 Å². The molecule has 2 atom stereocenters. The molecule has 16 nitrogen and oxygen atoms in total. The summed E-state index contributed by atoms with van der Waals surface area (Å²) in [6.45, 7) is 26.2. The molecule has 0 saturated carbocycles. The van der Waals surface area contributed by atoms with Crippen LogP contribution in [0.15, 0.2) is 28.8 Å². The van der Waals surface area contributed by atoms with Crippen molar-refractivity contribution in [3.8, 4) is 5.75 Å². The molecule has 1 rings (SSSR count). The second kappa shape index (κ2) is 27.0. The molecule has 4 amide bonds. The Morgan fingerprint density at radius 1 is 0.867 bits per heavy atom. The number of esters is 1. The van der Waals surface area contributed by atoms with Crippen LogP contribution >= 0.6 is 15.9 Å². The first-order valence-corrected chi connectivity index (χ1v) is 23.6. The molecule has 0 spiro atoms. The number of alkyl carbamates (subject to hydrolysis) is 1. The SMILES string of the molecule is COC(=O)CCNC(=O)/C(Br)=C\C(=O)NCCOCCOCCC(=O)Nc1cc(C[C@@H](CC(C)C(C)(C)C)NC(=O)OC(C)(C)C)ccc1O[Si](C)(C)C(C)(C)C.O=C=O. The minimum atomic E-state index is -2.26. The lowest BCUT2D eigenvalue weighted by Crippen LogP contribution is -2.44. The van der Waals surface area contributed by atoms with Crippen molar-refractivity contribution < 1.29 is 56.9 Å². The Bertz CT molecular complexity index is 1610. The molecule has 0 aliphatic carbocycles. The molecule has 1 unspecified atom stereocenters. The number of methoxy groups -OCH3 is 1. The second-order valence-corrected chi connectivity index (χ2v) is 23.3. The van der Waals surface area contributed by atoms with Crippen LogP contribution in [0.5, 0.6) is 5.75 Å². The van der Waals surface area contributed by atoms with Gasteiger partial charge in [0.2, 0.25) is 11.8 Å². The Kier molecular flexibility index (Phi) is 25.1. The van der Waals surface area contributed by atoms with Gasteiger partial charge in [-0.05, 0) is 96.7 Å². The van der Waals surface area contributed by atoms with E-state index in [1.807, 2.05) is 39.0 Å². The Hall–Kier alpha value is -4.09. The summed E-state index contributed by atoms with van der Waals surface area (Å²) in [6, 6.07) is 5.61. The van der Waals surface area contributed by atoms with Crippen LogP contribution < -0.4 is 25.7 Å². The number of halogens is 1. The maximum atomic E-state index is 13.2. The summed E-state index contributed by atoms with van der Waals surface area (Å²) in [6.07, 6.45) is 2.26. The van der Waals surface area contributed by atoms with Gasteiger partial charge in [0.05, 0.1) is 56.5 Å². The maximum Gasteiger partial charge on any atom is 0.407 e. The maximum absolute atomic E-state index is 13.2. The fraction of sp³-hybridized carbons (Fsp3) is 0.667. The fourth-order valence-electron chi connectivity index (χ4n) is 4.69. The highest BCUT2D eigenvalue weighted by atomic mass is 79.9. The summed E-state index contributed by atoms with van der Waals surface area (Å²) < 4.78 is 27.9. The summed E-state index contributed by atoms with van der Waals surface area (Å²) >= 11 is 3.05. The van der Waals surface area contributed by atoms with E-state index in [0.717, 1.165) is 18.1 Å². The van der Waals surface area contributed by atoms with Crippen molar-refractivity contribution in [3.05, 3.63) is 34.3 Å². The lowest BCUT2D eigenvalue weighted by atomic mass is 9.78. The normalized spacial score (nSPS) is 13.0. The highest BCUT2D eigenvalue weighted by Crippen LogP contribution is 2.40. The number of ether oxygens (including phenoxy) is 4. The van der Waals surface area contributed by atoms with Gasteiger partial charge < -0.3 is 44.6 Å². The van der Waals surface area contributed by atoms with Crippen LogP contribution in [0.1, 0.15) is 94.1 Å². The molecule has 0 bridgehead atoms. The van der Waals surface area contributed by atoms with E-state index < -0.39 is 37.8 Å². The zero-order valence-electron chi connectivity index (χ0n) is 37.8. The van der Waals surface area contributed by atoms with Crippen molar-refractivity contribution in [1.29, 1.82) is 0 Å². The largest absolute Gasteiger partial charge is 0.542 e. The minimum absolute atomic E-state index is 0.0118. The van der Waals surface area contributed by atoms with Crippen molar-refractivity contribution in [3.63, 3.8) is 0 Å². The van der Waals surface area contributed by atoms with Gasteiger partial charge in [0, 0.05) is 25.2 Å². The predicted octanol–water partition coefficient (Wildman–Crippen LogP) is 6.43. The summed E-state index contributed by atoms with van der Waals surface area (Å²) in [5.74, 6) is -0.829. The molecular formula is C42H69BrN4O12Si. The summed E-state index contributed by atoms with van der Waals surface area (Å²) in [7, 11) is -1.01. The number of carbonyl (C=O) groups is 5. The van der Waals surface area contributed by atoms with Crippen molar-refractivity contribution in [1.82, 2.24) is 16.0 Å². The monoisotopic (exact) mass is 928 g/mol. The highest BCUT2D eigenvalue weighted by Gasteiger charge is 2.39. The molecule has 0 aromatic heterocycles. The smallest absolute Gasteiger partial charge is 0.407 e. The van der Waals surface area contributed by atoms with E-state index >= 15 is 0 Å². The van der Waals surface area contributed by atoms with Crippen molar-refractivity contribution in [2.45, 2.75) is 125 Å². The molecule has 18 heteroatoms. The van der Waals surface area contributed by atoms with Gasteiger partial charge in [-0.2, -0.15) is 9.59 Å². The summed E-state index contributed by atoms with van der Waals surface area (Å²) in [4.78, 5) is 77.6. The van der Waals surface area contributed by atoms with Gasteiger partial charge >= 0.3 is 18.2 Å². The van der Waals surface area contributed by atoms with Crippen molar-refractivity contribution in [2.24, 2.45) is 11.3 Å². The minimum Gasteiger partial charge on any atom is -0.542 e. The van der Waals surface area contributed by atoms with Crippen LogP contribution in [0.25, 0.3) is 0 Å². The molecule has 1 aromatic rings. The standard InChI is InChI=1S/C41H69BrN4O10Si.CO2/c1-28(39(2,3)4)24-30(45-38(51)55-40(5,6)7)25-29-14-15-33(56-57(12,13)41(8,9)10)32(26-29)46-34(47)17-20-53-22-23-54-21-19-43-35(48)27-31(42)37(50)44-18-16-36(49)52-11;2-1-3/h14-15,26-28,30H,16-25H2,1-13H3,(H,43,48)(H,44,50)(H,45,51)(H,46,47);/b31-27+;/t28?,30-;/m1./s1. The van der Waals surface area contributed by atoms with E-state index in [2.05, 4.69) is 103 Å². The van der Waals surface area contributed by atoms with Crippen LogP contribution in [-0.4, -0.2) is 103 Å². The quantitative estimate of drug-likeness (QED) is 0.0429. The first-order chi connectivity index (χ1) is 27.6. The van der Waals surface area contributed by atoms with Gasteiger partial charge in [0.25, 0.3) is 14.2 Å². The van der Waals surface area contributed by atoms with Gasteiger partial charge in [-0.15, -0.1) is 0 Å². The average molecular weight is 930 g/mol. The number of hydrogen-bond acceptors (Lipinski definition) is 12. The second-order valence-electron chi connectivity index (χ2n) is 17.7. The van der Waals surface area contributed by atoms with Crippen LogP contribution in [0.4, 0.5) is 10.5 Å². The molecule has 0 fully saturated rings. The number of nitrogens with one attached hydrogen (secondary N) is 4. The zero-order valence-corrected chi connectivity index (χ0v) is 40.4. The van der Waals surface area contributed by atoms with Crippen LogP contribution in [0, 0.1) is 11.3 Å². The van der Waals surface area contributed by atoms with Gasteiger partial charge in [-0.3, -0.25) is 19.2 Å². The Balaban J connectivity index is 0.0000112. The highest BCUT2D eigenvalue weighted by molar-refractivity contribution is 9.12. The Morgan fingerprint density at radius 2 is 1.47 bits per heavy atom. The predicted molar refractivity (Wildman–Crippen MR) is 234 cm³/mol. The fourth-order valence-corrected chi connectivity index (χ4v) is 6.08. The molecule has 340 valence electrons. The topological polar surface area (TPSA) is 214 Å². The lowest BCUT2D eigenvalue weighted by molar-refractivity contribution is -0.191. The average Bonchev–Trinajstić information content (AvgIpc) is 3.10. The first kappa shape index (κ1) is 55.9.